The van der Waals surface area contributed by atoms with Crippen LogP contribution in [-0.2, 0) is 27.9 Å². The van der Waals surface area contributed by atoms with Gasteiger partial charge in [-0.15, -0.1) is 5.10 Å². The minimum Gasteiger partial charge on any atom is -0.460 e. The van der Waals surface area contributed by atoms with Gasteiger partial charge in [0.2, 0.25) is 5.91 Å². The number of hydrogen-bond donors (Lipinski definition) is 1. The quantitative estimate of drug-likeness (QED) is 0.508. The summed E-state index contributed by atoms with van der Waals surface area (Å²) in [7, 11) is 1.84. The number of carbonyl (C=O) groups excluding carboxylic acids is 3. The lowest BCUT2D eigenvalue weighted by Gasteiger charge is -2.25. The van der Waals surface area contributed by atoms with E-state index in [-0.39, 0.29) is 25.3 Å². The van der Waals surface area contributed by atoms with Crippen molar-refractivity contribution >= 4 is 17.8 Å². The van der Waals surface area contributed by atoms with E-state index in [0.717, 1.165) is 27.9 Å². The number of amides is 2. The molecule has 1 atom stereocenters. The Morgan fingerprint density at radius 3 is 2.56 bits per heavy atom. The maximum Gasteiger partial charge on any atom is 0.306 e. The topological polar surface area (TPSA) is 120 Å². The van der Waals surface area contributed by atoms with E-state index in [0.29, 0.717) is 11.3 Å². The van der Waals surface area contributed by atoms with Gasteiger partial charge in [-0.1, -0.05) is 35.0 Å². The number of aryl methyl sites for hydroxylation is 2. The number of nitrogens with two attached hydrogens (primary N) is 1. The molecule has 0 saturated heterocycles. The lowest BCUT2D eigenvalue weighted by Crippen LogP contribution is -2.45. The highest BCUT2D eigenvalue weighted by Gasteiger charge is 2.36. The highest BCUT2D eigenvalue weighted by Crippen LogP contribution is 2.34. The van der Waals surface area contributed by atoms with E-state index in [2.05, 4.69) is 16.4 Å². The standard InChI is InChI=1S/C27H31N5O4/c1-16-7-6-8-18(13-16)24-23(29-30-31(24)5)17-9-10-20-19(14-17)15-32(26(20)35)21(25(28)34)11-12-22(33)36-27(2,3)4/h6-10,13-14,21H,11-12,15H2,1-5H3,(H2,28,34). The molecule has 9 nitrogen and oxygen atoms in total. The van der Waals surface area contributed by atoms with E-state index >= 15 is 0 Å². The maximum atomic E-state index is 13.2. The minimum atomic E-state index is -0.916. The Labute approximate surface area is 210 Å². The first-order chi connectivity index (χ1) is 16.9. The molecule has 9 heteroatoms. The number of hydrogen-bond acceptors (Lipinski definition) is 6. The highest BCUT2D eigenvalue weighted by molar-refractivity contribution is 6.01. The van der Waals surface area contributed by atoms with Crippen LogP contribution in [0.4, 0.5) is 0 Å². The van der Waals surface area contributed by atoms with E-state index in [1.54, 1.807) is 31.5 Å². The largest absolute Gasteiger partial charge is 0.460 e. The summed E-state index contributed by atoms with van der Waals surface area (Å²) in [6.45, 7) is 7.56. The summed E-state index contributed by atoms with van der Waals surface area (Å²) in [5.74, 6) is -1.38. The molecule has 0 aliphatic carbocycles. The minimum absolute atomic E-state index is 0.0181. The molecule has 1 aliphatic heterocycles. The molecule has 1 aromatic heterocycles. The van der Waals surface area contributed by atoms with E-state index in [4.69, 9.17) is 10.5 Å². The normalized spacial score (nSPS) is 14.0. The third-order valence-corrected chi connectivity index (χ3v) is 6.08. The fraction of sp³-hybridized carbons (Fsp3) is 0.370. The van der Waals surface area contributed by atoms with Gasteiger partial charge in [-0.3, -0.25) is 14.4 Å². The molecule has 2 N–H and O–H groups in total. The Kier molecular flexibility index (Phi) is 6.67. The summed E-state index contributed by atoms with van der Waals surface area (Å²) >= 11 is 0. The molecule has 2 aromatic carbocycles. The van der Waals surface area contributed by atoms with Gasteiger partial charge in [-0.05, 0) is 57.9 Å². The predicted molar refractivity (Wildman–Crippen MR) is 135 cm³/mol. The Hall–Kier alpha value is -4.01. The van der Waals surface area contributed by atoms with Gasteiger partial charge in [0.1, 0.15) is 17.3 Å². The van der Waals surface area contributed by atoms with Crippen LogP contribution in [0.2, 0.25) is 0 Å². The van der Waals surface area contributed by atoms with Crippen LogP contribution >= 0.6 is 0 Å². The van der Waals surface area contributed by atoms with Crippen LogP contribution in [0.25, 0.3) is 22.5 Å². The fourth-order valence-electron chi connectivity index (χ4n) is 4.51. The molecular weight excluding hydrogens is 458 g/mol. The van der Waals surface area contributed by atoms with Gasteiger partial charge in [0.05, 0.1) is 5.69 Å². The summed E-state index contributed by atoms with van der Waals surface area (Å²) < 4.78 is 7.06. The van der Waals surface area contributed by atoms with Gasteiger partial charge in [0.25, 0.3) is 5.91 Å². The number of primary amides is 1. The molecule has 188 valence electrons. The van der Waals surface area contributed by atoms with Crippen molar-refractivity contribution in [1.29, 1.82) is 0 Å². The van der Waals surface area contributed by atoms with Crippen molar-refractivity contribution in [1.82, 2.24) is 19.9 Å². The lowest BCUT2D eigenvalue weighted by molar-refractivity contribution is -0.155. The number of carbonyl (C=O) groups is 3. The second-order valence-electron chi connectivity index (χ2n) is 10.1. The average molecular weight is 490 g/mol. The van der Waals surface area contributed by atoms with E-state index < -0.39 is 23.5 Å². The summed E-state index contributed by atoms with van der Waals surface area (Å²) in [5.41, 5.74) is 10.8. The molecule has 1 aliphatic rings. The van der Waals surface area contributed by atoms with Crippen molar-refractivity contribution in [3.05, 3.63) is 59.2 Å². The van der Waals surface area contributed by atoms with Crippen LogP contribution in [0, 0.1) is 6.92 Å². The maximum absolute atomic E-state index is 13.2. The van der Waals surface area contributed by atoms with Gasteiger partial charge in [-0.2, -0.15) is 0 Å². The first kappa shape index (κ1) is 25.1. The van der Waals surface area contributed by atoms with E-state index in [1.165, 1.54) is 4.90 Å². The van der Waals surface area contributed by atoms with Crippen LogP contribution in [0.5, 0.6) is 0 Å². The Morgan fingerprint density at radius 2 is 1.89 bits per heavy atom. The number of benzene rings is 2. The number of fused-ring (bicyclic) bond motifs is 1. The molecule has 36 heavy (non-hydrogen) atoms. The molecule has 2 heterocycles. The zero-order chi connectivity index (χ0) is 26.2. The number of aromatic nitrogens is 3. The molecule has 0 fully saturated rings. The van der Waals surface area contributed by atoms with Gasteiger partial charge in [0, 0.05) is 36.7 Å². The van der Waals surface area contributed by atoms with Crippen molar-refractivity contribution in [3.8, 4) is 22.5 Å². The van der Waals surface area contributed by atoms with Crippen molar-refractivity contribution in [3.63, 3.8) is 0 Å². The van der Waals surface area contributed by atoms with Crippen molar-refractivity contribution < 1.29 is 19.1 Å². The fourth-order valence-corrected chi connectivity index (χ4v) is 4.51. The van der Waals surface area contributed by atoms with Crippen LogP contribution in [-0.4, -0.2) is 49.3 Å². The van der Waals surface area contributed by atoms with Gasteiger partial charge < -0.3 is 15.4 Å². The summed E-state index contributed by atoms with van der Waals surface area (Å²) in [6, 6.07) is 12.7. The van der Waals surface area contributed by atoms with Crippen LogP contribution in [0.15, 0.2) is 42.5 Å². The number of rotatable bonds is 7. The highest BCUT2D eigenvalue weighted by atomic mass is 16.6. The summed E-state index contributed by atoms with van der Waals surface area (Å²) in [6.07, 6.45) is 0.0776. The first-order valence-corrected chi connectivity index (χ1v) is 11.9. The van der Waals surface area contributed by atoms with Gasteiger partial charge in [-0.25, -0.2) is 4.68 Å². The molecule has 0 saturated carbocycles. The van der Waals surface area contributed by atoms with Crippen molar-refractivity contribution in [2.45, 2.75) is 58.7 Å². The zero-order valence-electron chi connectivity index (χ0n) is 21.2. The second kappa shape index (κ2) is 9.56. The number of ether oxygens (including phenoxy) is 1. The molecule has 3 aromatic rings. The molecule has 4 rings (SSSR count). The third kappa shape index (κ3) is 5.15. The average Bonchev–Trinajstić information content (AvgIpc) is 3.32. The van der Waals surface area contributed by atoms with Crippen LogP contribution in [0.1, 0.15) is 55.1 Å². The zero-order valence-corrected chi connectivity index (χ0v) is 21.2. The molecule has 0 spiro atoms. The molecule has 2 amide bonds. The molecular formula is C27H31N5O4. The van der Waals surface area contributed by atoms with Gasteiger partial charge >= 0.3 is 5.97 Å². The van der Waals surface area contributed by atoms with E-state index in [1.807, 2.05) is 44.3 Å². The monoisotopic (exact) mass is 489 g/mol. The van der Waals surface area contributed by atoms with Crippen LogP contribution in [0.3, 0.4) is 0 Å². The SMILES string of the molecule is Cc1cccc(-c2c(-c3ccc4c(c3)CN(C(CCC(=O)OC(C)(C)C)C(N)=O)C4=O)nnn2C)c1. The predicted octanol–water partition coefficient (Wildman–Crippen LogP) is 3.39. The van der Waals surface area contributed by atoms with E-state index in [9.17, 15) is 14.4 Å². The third-order valence-electron chi connectivity index (χ3n) is 6.08. The second-order valence-corrected chi connectivity index (χ2v) is 10.1. The summed E-state index contributed by atoms with van der Waals surface area (Å²) in [4.78, 5) is 39.0. The molecule has 0 radical (unpaired) electrons. The van der Waals surface area contributed by atoms with Gasteiger partial charge in [0.15, 0.2) is 0 Å². The first-order valence-electron chi connectivity index (χ1n) is 11.9. The van der Waals surface area contributed by atoms with Crippen molar-refractivity contribution in [2.24, 2.45) is 12.8 Å². The Morgan fingerprint density at radius 1 is 1.14 bits per heavy atom. The molecule has 1 unspecified atom stereocenters. The Balaban J connectivity index is 1.59. The van der Waals surface area contributed by atoms with Crippen molar-refractivity contribution in [2.75, 3.05) is 0 Å². The van der Waals surface area contributed by atoms with Crippen LogP contribution < -0.4 is 5.73 Å². The number of nitrogens with zero attached hydrogens (tertiary/aromatic N) is 4. The molecule has 0 bridgehead atoms. The summed E-state index contributed by atoms with van der Waals surface area (Å²) in [5, 5.41) is 8.61. The Bertz CT molecular complexity index is 1340. The lowest BCUT2D eigenvalue weighted by atomic mass is 10.00. The number of esters is 1. The smallest absolute Gasteiger partial charge is 0.306 e.